The van der Waals surface area contributed by atoms with Crippen molar-refractivity contribution < 1.29 is 9.53 Å². The Morgan fingerprint density at radius 2 is 1.74 bits per heavy atom. The van der Waals surface area contributed by atoms with Gasteiger partial charge in [0.2, 0.25) is 0 Å². The summed E-state index contributed by atoms with van der Waals surface area (Å²) in [6.45, 7) is 2.22. The van der Waals surface area contributed by atoms with Gasteiger partial charge in [0, 0.05) is 11.4 Å². The molecule has 0 bridgehead atoms. The Hall–Kier alpha value is -2.29. The maximum Gasteiger partial charge on any atom is 0.310 e. The van der Waals surface area contributed by atoms with E-state index in [2.05, 4.69) is 5.32 Å². The zero-order valence-electron chi connectivity index (χ0n) is 10.9. The number of anilines is 2. The van der Waals surface area contributed by atoms with E-state index in [1.807, 2.05) is 61.5 Å². The third-order valence-corrected chi connectivity index (χ3v) is 2.71. The molecule has 0 saturated carbocycles. The minimum Gasteiger partial charge on any atom is -0.466 e. The van der Waals surface area contributed by atoms with E-state index in [9.17, 15) is 4.79 Å². The average Bonchev–Trinajstić information content (AvgIpc) is 2.42. The molecule has 2 rings (SSSR count). The van der Waals surface area contributed by atoms with Gasteiger partial charge in [0.25, 0.3) is 0 Å². The van der Waals surface area contributed by atoms with E-state index in [-0.39, 0.29) is 12.4 Å². The highest BCUT2D eigenvalue weighted by atomic mass is 16.5. The standard InChI is InChI=1S/C16H17NO2/c1-2-19-16(18)12-13-8-6-7-11-15(13)17-14-9-4-3-5-10-14/h3-11,17H,2,12H2,1H3. The van der Waals surface area contributed by atoms with Crippen LogP contribution in [0, 0.1) is 0 Å². The van der Waals surface area contributed by atoms with Crippen molar-refractivity contribution in [1.82, 2.24) is 0 Å². The molecular weight excluding hydrogens is 238 g/mol. The van der Waals surface area contributed by atoms with Crippen LogP contribution in [0.2, 0.25) is 0 Å². The Balaban J connectivity index is 2.14. The highest BCUT2D eigenvalue weighted by Gasteiger charge is 2.08. The van der Waals surface area contributed by atoms with Gasteiger partial charge in [-0.3, -0.25) is 4.79 Å². The number of hydrogen-bond donors (Lipinski definition) is 1. The van der Waals surface area contributed by atoms with E-state index in [1.165, 1.54) is 0 Å². The van der Waals surface area contributed by atoms with Crippen molar-refractivity contribution in [2.24, 2.45) is 0 Å². The van der Waals surface area contributed by atoms with Gasteiger partial charge < -0.3 is 10.1 Å². The largest absolute Gasteiger partial charge is 0.466 e. The summed E-state index contributed by atoms with van der Waals surface area (Å²) in [5, 5.41) is 3.31. The van der Waals surface area contributed by atoms with Gasteiger partial charge in [-0.1, -0.05) is 36.4 Å². The van der Waals surface area contributed by atoms with Crippen LogP contribution in [0.15, 0.2) is 54.6 Å². The molecule has 0 amide bonds. The van der Waals surface area contributed by atoms with Crippen LogP contribution in [0.4, 0.5) is 11.4 Å². The van der Waals surface area contributed by atoms with Crippen LogP contribution in [0.1, 0.15) is 12.5 Å². The molecule has 0 aliphatic carbocycles. The lowest BCUT2D eigenvalue weighted by Gasteiger charge is -2.11. The molecule has 0 unspecified atom stereocenters. The van der Waals surface area contributed by atoms with E-state index in [1.54, 1.807) is 0 Å². The number of hydrogen-bond acceptors (Lipinski definition) is 3. The number of esters is 1. The van der Waals surface area contributed by atoms with Crippen molar-refractivity contribution in [2.75, 3.05) is 11.9 Å². The van der Waals surface area contributed by atoms with Crippen molar-refractivity contribution in [3.8, 4) is 0 Å². The molecule has 0 aromatic heterocycles. The Kier molecular flexibility index (Phi) is 4.56. The van der Waals surface area contributed by atoms with Crippen LogP contribution in [0.3, 0.4) is 0 Å². The summed E-state index contributed by atoms with van der Waals surface area (Å²) >= 11 is 0. The van der Waals surface area contributed by atoms with E-state index in [4.69, 9.17) is 4.74 Å². The predicted octanol–water partition coefficient (Wildman–Crippen LogP) is 3.54. The smallest absolute Gasteiger partial charge is 0.310 e. The highest BCUT2D eigenvalue weighted by molar-refractivity contribution is 5.76. The summed E-state index contributed by atoms with van der Waals surface area (Å²) in [4.78, 5) is 11.6. The maximum atomic E-state index is 11.6. The Morgan fingerprint density at radius 1 is 1.05 bits per heavy atom. The van der Waals surface area contributed by atoms with Crippen LogP contribution < -0.4 is 5.32 Å². The maximum absolute atomic E-state index is 11.6. The fourth-order valence-corrected chi connectivity index (χ4v) is 1.84. The van der Waals surface area contributed by atoms with Gasteiger partial charge in [-0.2, -0.15) is 0 Å². The first-order valence-electron chi connectivity index (χ1n) is 6.35. The molecule has 0 saturated heterocycles. The molecular formula is C16H17NO2. The molecule has 3 heteroatoms. The molecule has 0 fully saturated rings. The van der Waals surface area contributed by atoms with Gasteiger partial charge in [-0.05, 0) is 30.7 Å². The number of carbonyl (C=O) groups excluding carboxylic acids is 1. The summed E-state index contributed by atoms with van der Waals surface area (Å²) < 4.78 is 4.98. The van der Waals surface area contributed by atoms with Crippen molar-refractivity contribution in [3.05, 3.63) is 60.2 Å². The molecule has 0 aliphatic heterocycles. The average molecular weight is 255 g/mol. The fraction of sp³-hybridized carbons (Fsp3) is 0.188. The molecule has 0 radical (unpaired) electrons. The van der Waals surface area contributed by atoms with Crippen LogP contribution in [-0.2, 0) is 16.0 Å². The van der Waals surface area contributed by atoms with Crippen LogP contribution in [0.5, 0.6) is 0 Å². The molecule has 19 heavy (non-hydrogen) atoms. The zero-order chi connectivity index (χ0) is 13.5. The molecule has 2 aromatic carbocycles. The molecule has 1 N–H and O–H groups in total. The molecule has 3 nitrogen and oxygen atoms in total. The number of nitrogens with one attached hydrogen (secondary N) is 1. The third kappa shape index (κ3) is 3.85. The summed E-state index contributed by atoms with van der Waals surface area (Å²) in [6.07, 6.45) is 0.282. The number of rotatable bonds is 5. The monoisotopic (exact) mass is 255 g/mol. The predicted molar refractivity (Wildman–Crippen MR) is 76.5 cm³/mol. The molecule has 2 aromatic rings. The normalized spacial score (nSPS) is 9.95. The molecule has 0 aliphatic rings. The van der Waals surface area contributed by atoms with Crippen molar-refractivity contribution in [1.29, 1.82) is 0 Å². The lowest BCUT2D eigenvalue weighted by molar-refractivity contribution is -0.142. The molecule has 0 heterocycles. The number of ether oxygens (including phenoxy) is 1. The minimum atomic E-state index is -0.204. The van der Waals surface area contributed by atoms with E-state index < -0.39 is 0 Å². The Morgan fingerprint density at radius 3 is 2.47 bits per heavy atom. The van der Waals surface area contributed by atoms with E-state index in [0.717, 1.165) is 16.9 Å². The van der Waals surface area contributed by atoms with Crippen LogP contribution in [-0.4, -0.2) is 12.6 Å². The topological polar surface area (TPSA) is 38.3 Å². The summed E-state index contributed by atoms with van der Waals surface area (Å²) in [5.74, 6) is -0.204. The SMILES string of the molecule is CCOC(=O)Cc1ccccc1Nc1ccccc1. The molecule has 0 spiro atoms. The summed E-state index contributed by atoms with van der Waals surface area (Å²) in [5.41, 5.74) is 2.87. The second kappa shape index (κ2) is 6.59. The lowest BCUT2D eigenvalue weighted by atomic mass is 10.1. The zero-order valence-corrected chi connectivity index (χ0v) is 10.9. The van der Waals surface area contributed by atoms with Crippen LogP contribution in [0.25, 0.3) is 0 Å². The van der Waals surface area contributed by atoms with Crippen molar-refractivity contribution >= 4 is 17.3 Å². The first-order chi connectivity index (χ1) is 9.29. The van der Waals surface area contributed by atoms with Gasteiger partial charge in [0.15, 0.2) is 0 Å². The second-order valence-electron chi connectivity index (χ2n) is 4.13. The molecule has 98 valence electrons. The van der Waals surface area contributed by atoms with E-state index >= 15 is 0 Å². The second-order valence-corrected chi connectivity index (χ2v) is 4.13. The highest BCUT2D eigenvalue weighted by Crippen LogP contribution is 2.21. The minimum absolute atomic E-state index is 0.204. The quantitative estimate of drug-likeness (QED) is 0.830. The van der Waals surface area contributed by atoms with Gasteiger partial charge in [-0.15, -0.1) is 0 Å². The van der Waals surface area contributed by atoms with Crippen molar-refractivity contribution in [2.45, 2.75) is 13.3 Å². The lowest BCUT2D eigenvalue weighted by Crippen LogP contribution is -2.09. The first-order valence-corrected chi connectivity index (χ1v) is 6.35. The van der Waals surface area contributed by atoms with Gasteiger partial charge in [-0.25, -0.2) is 0 Å². The van der Waals surface area contributed by atoms with Gasteiger partial charge >= 0.3 is 5.97 Å². The van der Waals surface area contributed by atoms with E-state index in [0.29, 0.717) is 6.61 Å². The fourth-order valence-electron chi connectivity index (χ4n) is 1.84. The Bertz CT molecular complexity index is 537. The van der Waals surface area contributed by atoms with Crippen LogP contribution >= 0.6 is 0 Å². The van der Waals surface area contributed by atoms with Crippen molar-refractivity contribution in [3.63, 3.8) is 0 Å². The third-order valence-electron chi connectivity index (χ3n) is 2.71. The molecule has 0 atom stereocenters. The summed E-state index contributed by atoms with van der Waals surface area (Å²) in [6, 6.07) is 17.6. The number of benzene rings is 2. The van der Waals surface area contributed by atoms with Gasteiger partial charge in [0.1, 0.15) is 0 Å². The first kappa shape index (κ1) is 13.1. The summed E-state index contributed by atoms with van der Waals surface area (Å²) in [7, 11) is 0. The Labute approximate surface area is 113 Å². The number of carbonyl (C=O) groups is 1. The number of para-hydroxylation sites is 2. The van der Waals surface area contributed by atoms with Gasteiger partial charge in [0.05, 0.1) is 13.0 Å².